The van der Waals surface area contributed by atoms with Crippen LogP contribution in [0.1, 0.15) is 35.3 Å². The minimum Gasteiger partial charge on any atom is -0.491 e. The van der Waals surface area contributed by atoms with E-state index in [0.717, 1.165) is 28.7 Å². The maximum absolute atomic E-state index is 10.9. The van der Waals surface area contributed by atoms with Crippen molar-refractivity contribution in [3.8, 4) is 5.75 Å². The molecule has 0 N–H and O–H groups in total. The lowest BCUT2D eigenvalue weighted by Gasteiger charge is -2.17. The van der Waals surface area contributed by atoms with Crippen LogP contribution in [-0.4, -0.2) is 31.4 Å². The molecule has 0 aliphatic carbocycles. The van der Waals surface area contributed by atoms with Crippen LogP contribution in [0.15, 0.2) is 12.1 Å². The van der Waals surface area contributed by atoms with E-state index >= 15 is 0 Å². The summed E-state index contributed by atoms with van der Waals surface area (Å²) in [4.78, 5) is 10.9. The molecule has 1 saturated heterocycles. The highest BCUT2D eigenvalue weighted by Gasteiger charge is 2.32. The van der Waals surface area contributed by atoms with Gasteiger partial charge in [-0.1, -0.05) is 0 Å². The molecule has 1 heterocycles. The molecular weight excluding hydrogens is 244 g/mol. The second-order valence-electron chi connectivity index (χ2n) is 5.35. The molecular formula is C15H20O4. The predicted octanol–water partition coefficient (Wildman–Crippen LogP) is 2.65. The molecule has 1 unspecified atom stereocenters. The summed E-state index contributed by atoms with van der Waals surface area (Å²) >= 11 is 0. The summed E-state index contributed by atoms with van der Waals surface area (Å²) in [5.74, 6) is 0.232. The zero-order valence-corrected chi connectivity index (χ0v) is 11.9. The highest BCUT2D eigenvalue weighted by molar-refractivity contribution is 5.80. The molecule has 104 valence electrons. The van der Waals surface area contributed by atoms with Crippen LogP contribution >= 0.6 is 0 Å². The van der Waals surface area contributed by atoms with E-state index < -0.39 is 5.79 Å². The van der Waals surface area contributed by atoms with Crippen molar-refractivity contribution in [2.75, 3.05) is 13.2 Å². The summed E-state index contributed by atoms with van der Waals surface area (Å²) in [6, 6.07) is 3.75. The fraction of sp³-hybridized carbons (Fsp3) is 0.533. The van der Waals surface area contributed by atoms with Crippen molar-refractivity contribution in [1.82, 2.24) is 0 Å². The zero-order valence-electron chi connectivity index (χ0n) is 11.9. The van der Waals surface area contributed by atoms with Gasteiger partial charge in [0.2, 0.25) is 0 Å². The van der Waals surface area contributed by atoms with Gasteiger partial charge in [-0.3, -0.25) is 4.79 Å². The SMILES string of the molecule is Cc1cc(OCC2COC(C)(C)O2)cc(C)c1C=O. The Morgan fingerprint density at radius 3 is 2.47 bits per heavy atom. The first-order chi connectivity index (χ1) is 8.91. The molecule has 0 aromatic heterocycles. The summed E-state index contributed by atoms with van der Waals surface area (Å²) in [5.41, 5.74) is 2.58. The monoisotopic (exact) mass is 264 g/mol. The Morgan fingerprint density at radius 1 is 1.37 bits per heavy atom. The molecule has 0 spiro atoms. The summed E-state index contributed by atoms with van der Waals surface area (Å²) in [6.07, 6.45) is 0.826. The number of aryl methyl sites for hydroxylation is 2. The highest BCUT2D eigenvalue weighted by atomic mass is 16.7. The van der Waals surface area contributed by atoms with Gasteiger partial charge in [-0.25, -0.2) is 0 Å². The van der Waals surface area contributed by atoms with Gasteiger partial charge in [0.15, 0.2) is 12.1 Å². The number of rotatable bonds is 4. The molecule has 0 bridgehead atoms. The maximum atomic E-state index is 10.9. The number of carbonyl (C=O) groups excluding carboxylic acids is 1. The summed E-state index contributed by atoms with van der Waals surface area (Å²) in [5, 5.41) is 0. The quantitative estimate of drug-likeness (QED) is 0.784. The topological polar surface area (TPSA) is 44.8 Å². The van der Waals surface area contributed by atoms with E-state index in [4.69, 9.17) is 14.2 Å². The van der Waals surface area contributed by atoms with E-state index in [1.54, 1.807) is 0 Å². The molecule has 1 aliphatic heterocycles. The lowest BCUT2D eigenvalue weighted by Crippen LogP contribution is -2.25. The molecule has 2 rings (SSSR count). The first-order valence-corrected chi connectivity index (χ1v) is 6.42. The molecule has 4 heteroatoms. The van der Waals surface area contributed by atoms with E-state index in [-0.39, 0.29) is 6.10 Å². The van der Waals surface area contributed by atoms with Crippen molar-refractivity contribution in [3.05, 3.63) is 28.8 Å². The molecule has 1 aromatic rings. The molecule has 0 radical (unpaired) electrons. The fourth-order valence-electron chi connectivity index (χ4n) is 2.24. The van der Waals surface area contributed by atoms with Gasteiger partial charge in [0.05, 0.1) is 6.61 Å². The lowest BCUT2D eigenvalue weighted by atomic mass is 10.0. The Balaban J connectivity index is 1.99. The number of benzene rings is 1. The van der Waals surface area contributed by atoms with Crippen LogP contribution < -0.4 is 4.74 Å². The van der Waals surface area contributed by atoms with Gasteiger partial charge in [0.25, 0.3) is 0 Å². The van der Waals surface area contributed by atoms with Crippen molar-refractivity contribution in [1.29, 1.82) is 0 Å². The second-order valence-corrected chi connectivity index (χ2v) is 5.35. The Bertz CT molecular complexity index is 456. The zero-order chi connectivity index (χ0) is 14.0. The normalized spacial score (nSPS) is 21.4. The van der Waals surface area contributed by atoms with Crippen molar-refractivity contribution < 1.29 is 19.0 Å². The molecule has 1 aliphatic rings. The van der Waals surface area contributed by atoms with E-state index in [1.807, 2.05) is 39.8 Å². The van der Waals surface area contributed by atoms with E-state index in [1.165, 1.54) is 0 Å². The van der Waals surface area contributed by atoms with Crippen LogP contribution in [0.5, 0.6) is 5.75 Å². The highest BCUT2D eigenvalue weighted by Crippen LogP contribution is 2.24. The number of ether oxygens (including phenoxy) is 3. The van der Waals surface area contributed by atoms with Gasteiger partial charge in [-0.2, -0.15) is 0 Å². The minimum absolute atomic E-state index is 0.0543. The molecule has 0 amide bonds. The van der Waals surface area contributed by atoms with Crippen LogP contribution in [-0.2, 0) is 9.47 Å². The largest absolute Gasteiger partial charge is 0.491 e. The smallest absolute Gasteiger partial charge is 0.163 e. The van der Waals surface area contributed by atoms with Gasteiger partial charge >= 0.3 is 0 Å². The molecule has 1 aromatic carbocycles. The fourth-order valence-corrected chi connectivity index (χ4v) is 2.24. The third-order valence-corrected chi connectivity index (χ3v) is 3.19. The van der Waals surface area contributed by atoms with Gasteiger partial charge in [0, 0.05) is 5.56 Å². The Hall–Kier alpha value is -1.39. The summed E-state index contributed by atoms with van der Waals surface area (Å²) < 4.78 is 16.9. The average molecular weight is 264 g/mol. The van der Waals surface area contributed by atoms with Crippen LogP contribution in [0, 0.1) is 13.8 Å². The lowest BCUT2D eigenvalue weighted by molar-refractivity contribution is -0.141. The van der Waals surface area contributed by atoms with Crippen LogP contribution in [0.2, 0.25) is 0 Å². The minimum atomic E-state index is -0.527. The van der Waals surface area contributed by atoms with Gasteiger partial charge in [0.1, 0.15) is 18.5 Å². The first kappa shape index (κ1) is 14.0. The van der Waals surface area contributed by atoms with Crippen molar-refractivity contribution in [2.45, 2.75) is 39.6 Å². The van der Waals surface area contributed by atoms with Crippen molar-refractivity contribution >= 4 is 6.29 Å². The summed E-state index contributed by atoms with van der Waals surface area (Å²) in [6.45, 7) is 8.57. The molecule has 1 atom stereocenters. The standard InChI is InChI=1S/C15H20O4/c1-10-5-12(6-11(2)14(10)7-16)17-8-13-9-18-15(3,4)19-13/h5-7,13H,8-9H2,1-4H3. The third kappa shape index (κ3) is 3.33. The first-order valence-electron chi connectivity index (χ1n) is 6.42. The van der Waals surface area contributed by atoms with Gasteiger partial charge in [-0.05, 0) is 51.0 Å². The molecule has 1 fully saturated rings. The van der Waals surface area contributed by atoms with Crippen molar-refractivity contribution in [2.24, 2.45) is 0 Å². The van der Waals surface area contributed by atoms with Crippen LogP contribution in [0.3, 0.4) is 0 Å². The number of carbonyl (C=O) groups is 1. The van der Waals surface area contributed by atoms with Crippen molar-refractivity contribution in [3.63, 3.8) is 0 Å². The number of aldehydes is 1. The summed E-state index contributed by atoms with van der Waals surface area (Å²) in [7, 11) is 0. The third-order valence-electron chi connectivity index (χ3n) is 3.19. The predicted molar refractivity (Wildman–Crippen MR) is 71.7 cm³/mol. The van der Waals surface area contributed by atoms with Crippen LogP contribution in [0.4, 0.5) is 0 Å². The Labute approximate surface area is 113 Å². The van der Waals surface area contributed by atoms with Crippen LogP contribution in [0.25, 0.3) is 0 Å². The van der Waals surface area contributed by atoms with E-state index in [9.17, 15) is 4.79 Å². The number of hydrogen-bond donors (Lipinski definition) is 0. The molecule has 4 nitrogen and oxygen atoms in total. The second kappa shape index (κ2) is 5.31. The van der Waals surface area contributed by atoms with E-state index in [0.29, 0.717) is 13.2 Å². The maximum Gasteiger partial charge on any atom is 0.163 e. The molecule has 19 heavy (non-hydrogen) atoms. The molecule has 0 saturated carbocycles. The van der Waals surface area contributed by atoms with Gasteiger partial charge in [-0.15, -0.1) is 0 Å². The average Bonchev–Trinajstić information content (AvgIpc) is 2.66. The Kier molecular flexibility index (Phi) is 3.92. The van der Waals surface area contributed by atoms with Gasteiger partial charge < -0.3 is 14.2 Å². The Morgan fingerprint density at radius 2 is 2.00 bits per heavy atom. The van der Waals surface area contributed by atoms with E-state index in [2.05, 4.69) is 0 Å². The number of hydrogen-bond acceptors (Lipinski definition) is 4.